The average molecular weight is 291 g/mol. The first-order valence-electron chi connectivity index (χ1n) is 5.88. The van der Waals surface area contributed by atoms with Crippen molar-refractivity contribution in [2.75, 3.05) is 6.54 Å². The minimum absolute atomic E-state index is 0.103. The van der Waals surface area contributed by atoms with Crippen LogP contribution in [0.2, 0.25) is 0 Å². The number of carbonyl (C=O) groups excluding carboxylic acids is 1. The Kier molecular flexibility index (Phi) is 4.37. The summed E-state index contributed by atoms with van der Waals surface area (Å²) in [6.07, 6.45) is 2.77. The van der Waals surface area contributed by atoms with Gasteiger partial charge < -0.3 is 9.73 Å². The van der Waals surface area contributed by atoms with E-state index in [1.165, 1.54) is 30.5 Å². The van der Waals surface area contributed by atoms with Gasteiger partial charge in [-0.25, -0.2) is 8.42 Å². The molecule has 0 saturated carbocycles. The van der Waals surface area contributed by atoms with Crippen LogP contribution in [0.4, 0.5) is 0 Å². The summed E-state index contributed by atoms with van der Waals surface area (Å²) in [6, 6.07) is 11.2. The summed E-state index contributed by atoms with van der Waals surface area (Å²) < 4.78 is 28.7. The minimum Gasteiger partial charge on any atom is -0.459 e. The van der Waals surface area contributed by atoms with Gasteiger partial charge in [0, 0.05) is 12.0 Å². The fourth-order valence-corrected chi connectivity index (χ4v) is 2.55. The highest BCUT2D eigenvalue weighted by molar-refractivity contribution is 7.94. The van der Waals surface area contributed by atoms with Crippen molar-refractivity contribution in [1.29, 1.82) is 0 Å². The molecule has 0 aliphatic heterocycles. The van der Waals surface area contributed by atoms with E-state index in [0.29, 0.717) is 0 Å². The fourth-order valence-electron chi connectivity index (χ4n) is 1.51. The predicted molar refractivity (Wildman–Crippen MR) is 73.8 cm³/mol. The van der Waals surface area contributed by atoms with Gasteiger partial charge in [0.05, 0.1) is 11.2 Å². The lowest BCUT2D eigenvalue weighted by Gasteiger charge is -1.99. The van der Waals surface area contributed by atoms with E-state index in [-0.39, 0.29) is 17.2 Å². The number of sulfone groups is 1. The van der Waals surface area contributed by atoms with Crippen molar-refractivity contribution >= 4 is 15.7 Å². The van der Waals surface area contributed by atoms with E-state index < -0.39 is 15.7 Å². The molecule has 2 aromatic rings. The van der Waals surface area contributed by atoms with E-state index in [9.17, 15) is 13.2 Å². The fraction of sp³-hybridized carbons (Fsp3) is 0.0714. The molecule has 0 saturated heterocycles. The summed E-state index contributed by atoms with van der Waals surface area (Å²) in [5.41, 5.74) is 0. The van der Waals surface area contributed by atoms with Crippen molar-refractivity contribution in [1.82, 2.24) is 5.32 Å². The molecule has 1 heterocycles. The van der Waals surface area contributed by atoms with Crippen LogP contribution < -0.4 is 5.32 Å². The number of hydrogen-bond acceptors (Lipinski definition) is 4. The number of furan rings is 1. The first-order valence-corrected chi connectivity index (χ1v) is 7.42. The van der Waals surface area contributed by atoms with Crippen LogP contribution >= 0.6 is 0 Å². The molecular formula is C14H13NO4S. The maximum atomic E-state index is 11.9. The molecule has 1 aromatic carbocycles. The van der Waals surface area contributed by atoms with Gasteiger partial charge in [-0.3, -0.25) is 4.79 Å². The van der Waals surface area contributed by atoms with E-state index in [4.69, 9.17) is 4.42 Å². The average Bonchev–Trinajstić information content (AvgIpc) is 2.98. The van der Waals surface area contributed by atoms with E-state index in [2.05, 4.69) is 5.32 Å². The van der Waals surface area contributed by atoms with Gasteiger partial charge in [-0.1, -0.05) is 24.3 Å². The molecule has 2 rings (SSSR count). The van der Waals surface area contributed by atoms with Crippen LogP contribution in [-0.4, -0.2) is 20.9 Å². The lowest BCUT2D eigenvalue weighted by atomic mass is 10.4. The van der Waals surface area contributed by atoms with Crippen molar-refractivity contribution in [2.45, 2.75) is 4.90 Å². The van der Waals surface area contributed by atoms with Crippen LogP contribution in [0.5, 0.6) is 0 Å². The van der Waals surface area contributed by atoms with Crippen LogP contribution in [0.25, 0.3) is 0 Å². The van der Waals surface area contributed by atoms with Crippen molar-refractivity contribution in [2.24, 2.45) is 0 Å². The van der Waals surface area contributed by atoms with Gasteiger partial charge in [0.2, 0.25) is 0 Å². The molecule has 1 N–H and O–H groups in total. The zero-order chi connectivity index (χ0) is 14.4. The predicted octanol–water partition coefficient (Wildman–Crippen LogP) is 2.00. The maximum absolute atomic E-state index is 11.9. The summed E-state index contributed by atoms with van der Waals surface area (Å²) >= 11 is 0. The molecule has 20 heavy (non-hydrogen) atoms. The van der Waals surface area contributed by atoms with Crippen LogP contribution in [0.1, 0.15) is 10.6 Å². The summed E-state index contributed by atoms with van der Waals surface area (Å²) in [5.74, 6) is -0.207. The SMILES string of the molecule is O=C(NC/C=C/S(=O)(=O)c1ccccc1)c1ccco1. The van der Waals surface area contributed by atoms with E-state index in [0.717, 1.165) is 5.41 Å². The van der Waals surface area contributed by atoms with Crippen LogP contribution in [0.3, 0.4) is 0 Å². The molecule has 0 aliphatic rings. The Morgan fingerprint density at radius 2 is 1.90 bits per heavy atom. The lowest BCUT2D eigenvalue weighted by molar-refractivity contribution is 0.0930. The van der Waals surface area contributed by atoms with Crippen LogP contribution in [0, 0.1) is 0 Å². The second kappa shape index (κ2) is 6.21. The number of benzene rings is 1. The number of rotatable bonds is 5. The van der Waals surface area contributed by atoms with Gasteiger partial charge in [0.25, 0.3) is 5.91 Å². The summed E-state index contributed by atoms with van der Waals surface area (Å²) in [4.78, 5) is 11.7. The highest BCUT2D eigenvalue weighted by atomic mass is 32.2. The first kappa shape index (κ1) is 14.1. The number of nitrogens with one attached hydrogen (secondary N) is 1. The first-order chi connectivity index (χ1) is 9.59. The Hall–Kier alpha value is -2.34. The minimum atomic E-state index is -3.47. The van der Waals surface area contributed by atoms with Gasteiger partial charge in [0.15, 0.2) is 15.6 Å². The number of amides is 1. The zero-order valence-corrected chi connectivity index (χ0v) is 11.3. The molecule has 0 radical (unpaired) electrons. The smallest absolute Gasteiger partial charge is 0.287 e. The molecule has 0 spiro atoms. The second-order valence-corrected chi connectivity index (χ2v) is 5.75. The molecule has 0 atom stereocenters. The summed E-state index contributed by atoms with van der Waals surface area (Å²) in [6.45, 7) is 0.103. The molecule has 0 aliphatic carbocycles. The highest BCUT2D eigenvalue weighted by Gasteiger charge is 2.09. The van der Waals surface area contributed by atoms with Crippen molar-refractivity contribution in [3.63, 3.8) is 0 Å². The third-order valence-corrected chi connectivity index (χ3v) is 3.95. The summed E-state index contributed by atoms with van der Waals surface area (Å²) in [5, 5.41) is 3.60. The molecule has 0 fully saturated rings. The molecule has 1 aromatic heterocycles. The number of hydrogen-bond donors (Lipinski definition) is 1. The monoisotopic (exact) mass is 291 g/mol. The quantitative estimate of drug-likeness (QED) is 0.914. The normalized spacial score (nSPS) is 11.6. The molecule has 1 amide bonds. The van der Waals surface area contributed by atoms with Gasteiger partial charge >= 0.3 is 0 Å². The van der Waals surface area contributed by atoms with Crippen molar-refractivity contribution in [3.8, 4) is 0 Å². The van der Waals surface area contributed by atoms with E-state index >= 15 is 0 Å². The van der Waals surface area contributed by atoms with Crippen molar-refractivity contribution < 1.29 is 17.6 Å². The Morgan fingerprint density at radius 1 is 1.15 bits per heavy atom. The Balaban J connectivity index is 1.92. The zero-order valence-electron chi connectivity index (χ0n) is 10.5. The third kappa shape index (κ3) is 3.58. The van der Waals surface area contributed by atoms with Gasteiger partial charge in [-0.05, 0) is 24.3 Å². The largest absolute Gasteiger partial charge is 0.459 e. The molecule has 0 unspecified atom stereocenters. The maximum Gasteiger partial charge on any atom is 0.287 e. The summed E-state index contributed by atoms with van der Waals surface area (Å²) in [7, 11) is -3.47. The Labute approximate surface area is 116 Å². The van der Waals surface area contributed by atoms with Crippen molar-refractivity contribution in [3.05, 3.63) is 66.0 Å². The molecule has 6 heteroatoms. The van der Waals surface area contributed by atoms with Crippen LogP contribution in [0.15, 0.2) is 69.5 Å². The van der Waals surface area contributed by atoms with E-state index in [1.807, 2.05) is 0 Å². The second-order valence-electron chi connectivity index (χ2n) is 3.92. The van der Waals surface area contributed by atoms with Crippen LogP contribution in [-0.2, 0) is 9.84 Å². The third-order valence-electron chi connectivity index (χ3n) is 2.47. The standard InChI is InChI=1S/C14H13NO4S/c16-14(13-8-4-10-19-13)15-9-5-11-20(17,18)12-6-2-1-3-7-12/h1-8,10-11H,9H2,(H,15,16)/b11-5+. The van der Waals surface area contributed by atoms with Gasteiger partial charge in [-0.15, -0.1) is 0 Å². The van der Waals surface area contributed by atoms with E-state index in [1.54, 1.807) is 24.3 Å². The molecular weight excluding hydrogens is 278 g/mol. The topological polar surface area (TPSA) is 76.4 Å². The highest BCUT2D eigenvalue weighted by Crippen LogP contribution is 2.10. The Morgan fingerprint density at radius 3 is 2.55 bits per heavy atom. The molecule has 5 nitrogen and oxygen atoms in total. The molecule has 0 bridgehead atoms. The molecule has 104 valence electrons. The van der Waals surface area contributed by atoms with Gasteiger partial charge in [0.1, 0.15) is 0 Å². The number of carbonyl (C=O) groups is 1. The Bertz CT molecular complexity index is 688. The lowest BCUT2D eigenvalue weighted by Crippen LogP contribution is -2.22. The van der Waals surface area contributed by atoms with Gasteiger partial charge in [-0.2, -0.15) is 0 Å².